The second-order valence-electron chi connectivity index (χ2n) is 3.24. The van der Waals surface area contributed by atoms with Gasteiger partial charge in [-0.25, -0.2) is 8.42 Å². The maximum atomic E-state index is 11.7. The van der Waals surface area contributed by atoms with Gasteiger partial charge in [0.25, 0.3) is 0 Å². The normalized spacial score (nSPS) is 13.8. The summed E-state index contributed by atoms with van der Waals surface area (Å²) in [6.07, 6.45) is 0. The zero-order valence-corrected chi connectivity index (χ0v) is 10.3. The lowest BCUT2D eigenvalue weighted by Crippen LogP contribution is -2.16. The molecule has 0 amide bonds. The molecular formula is C8H10Cl2N2O2S. The highest BCUT2D eigenvalue weighted by Gasteiger charge is 2.19. The lowest BCUT2D eigenvalue weighted by molar-refractivity contribution is 0.577. The Morgan fingerprint density at radius 3 is 2.53 bits per heavy atom. The van der Waals surface area contributed by atoms with Crippen molar-refractivity contribution in [1.82, 2.24) is 10.2 Å². The molecule has 0 N–H and O–H groups in total. The molecule has 1 atom stereocenters. The molecule has 1 heterocycles. The van der Waals surface area contributed by atoms with Gasteiger partial charge in [-0.05, 0) is 18.1 Å². The smallest absolute Gasteiger partial charge is 0.197 e. The Labute approximate surface area is 98.5 Å². The molecule has 0 aliphatic rings. The van der Waals surface area contributed by atoms with E-state index in [4.69, 9.17) is 23.2 Å². The second kappa shape index (κ2) is 5.09. The molecule has 0 aliphatic heterocycles. The van der Waals surface area contributed by atoms with Crippen LogP contribution in [0, 0.1) is 5.92 Å². The van der Waals surface area contributed by atoms with Gasteiger partial charge in [0, 0.05) is 5.88 Å². The van der Waals surface area contributed by atoms with Gasteiger partial charge in [-0.15, -0.1) is 21.8 Å². The van der Waals surface area contributed by atoms with Crippen molar-refractivity contribution in [3.8, 4) is 0 Å². The predicted molar refractivity (Wildman–Crippen MR) is 59.0 cm³/mol. The number of hydrogen-bond acceptors (Lipinski definition) is 4. The van der Waals surface area contributed by atoms with Crippen LogP contribution in [-0.2, 0) is 9.84 Å². The first-order valence-corrected chi connectivity index (χ1v) is 6.80. The number of rotatable bonds is 4. The van der Waals surface area contributed by atoms with E-state index in [9.17, 15) is 8.42 Å². The molecule has 0 aromatic carbocycles. The minimum Gasteiger partial charge on any atom is -0.222 e. The van der Waals surface area contributed by atoms with Gasteiger partial charge in [-0.3, -0.25) is 0 Å². The van der Waals surface area contributed by atoms with Crippen molar-refractivity contribution in [3.05, 3.63) is 17.3 Å². The highest BCUT2D eigenvalue weighted by molar-refractivity contribution is 7.91. The van der Waals surface area contributed by atoms with Gasteiger partial charge < -0.3 is 0 Å². The molecule has 1 aromatic rings. The topological polar surface area (TPSA) is 59.9 Å². The second-order valence-corrected chi connectivity index (χ2v) is 5.91. The molecule has 0 saturated carbocycles. The first-order chi connectivity index (χ1) is 6.95. The molecule has 1 rings (SSSR count). The fourth-order valence-corrected chi connectivity index (χ4v) is 2.79. The van der Waals surface area contributed by atoms with E-state index in [2.05, 4.69) is 10.2 Å². The van der Waals surface area contributed by atoms with Crippen LogP contribution in [0.3, 0.4) is 0 Å². The van der Waals surface area contributed by atoms with Gasteiger partial charge in [-0.2, -0.15) is 0 Å². The van der Waals surface area contributed by atoms with Crippen LogP contribution in [0.1, 0.15) is 6.92 Å². The lowest BCUT2D eigenvalue weighted by atomic mass is 10.3. The third-order valence-corrected chi connectivity index (χ3v) is 4.28. The van der Waals surface area contributed by atoms with Crippen molar-refractivity contribution in [2.45, 2.75) is 11.9 Å². The minimum absolute atomic E-state index is 0.0349. The van der Waals surface area contributed by atoms with Gasteiger partial charge in [-0.1, -0.05) is 18.5 Å². The van der Waals surface area contributed by atoms with Crippen molar-refractivity contribution in [1.29, 1.82) is 0 Å². The van der Waals surface area contributed by atoms with Gasteiger partial charge >= 0.3 is 0 Å². The van der Waals surface area contributed by atoms with Crippen LogP contribution in [0.25, 0.3) is 0 Å². The molecule has 0 spiro atoms. The Kier molecular flexibility index (Phi) is 4.31. The average molecular weight is 269 g/mol. The van der Waals surface area contributed by atoms with Gasteiger partial charge in [0.15, 0.2) is 20.0 Å². The van der Waals surface area contributed by atoms with Crippen molar-refractivity contribution < 1.29 is 8.42 Å². The maximum Gasteiger partial charge on any atom is 0.197 e. The van der Waals surface area contributed by atoms with E-state index in [1.807, 2.05) is 0 Å². The van der Waals surface area contributed by atoms with Crippen molar-refractivity contribution >= 4 is 33.0 Å². The largest absolute Gasteiger partial charge is 0.222 e. The standard InChI is InChI=1S/C8H10Cl2N2O2S/c1-6(4-9)5-15(13,14)8-3-2-7(10)11-12-8/h2-3,6H,4-5H2,1H3. The fraction of sp³-hybridized carbons (Fsp3) is 0.500. The summed E-state index contributed by atoms with van der Waals surface area (Å²) in [6, 6.07) is 2.73. The predicted octanol–water partition coefficient (Wildman–Crippen LogP) is 1.78. The number of hydrogen-bond donors (Lipinski definition) is 0. The number of alkyl halides is 1. The maximum absolute atomic E-state index is 11.7. The molecule has 0 bridgehead atoms. The molecule has 15 heavy (non-hydrogen) atoms. The Morgan fingerprint density at radius 1 is 1.40 bits per heavy atom. The fourth-order valence-electron chi connectivity index (χ4n) is 0.974. The van der Waals surface area contributed by atoms with Crippen LogP contribution >= 0.6 is 23.2 Å². The number of aromatic nitrogens is 2. The van der Waals surface area contributed by atoms with E-state index in [1.165, 1.54) is 12.1 Å². The summed E-state index contributed by atoms with van der Waals surface area (Å²) in [5.41, 5.74) is 0. The average Bonchev–Trinajstić information content (AvgIpc) is 2.17. The van der Waals surface area contributed by atoms with Crippen molar-refractivity contribution in [3.63, 3.8) is 0 Å². The quantitative estimate of drug-likeness (QED) is 0.782. The highest BCUT2D eigenvalue weighted by Crippen LogP contribution is 2.13. The summed E-state index contributed by atoms with van der Waals surface area (Å²) in [6.45, 7) is 1.76. The highest BCUT2D eigenvalue weighted by atomic mass is 35.5. The van der Waals surface area contributed by atoms with Gasteiger partial charge in [0.1, 0.15) is 0 Å². The zero-order chi connectivity index (χ0) is 11.5. The van der Waals surface area contributed by atoms with E-state index < -0.39 is 9.84 Å². The summed E-state index contributed by atoms with van der Waals surface area (Å²) < 4.78 is 23.4. The minimum atomic E-state index is -3.41. The third-order valence-electron chi connectivity index (χ3n) is 1.69. The van der Waals surface area contributed by atoms with Gasteiger partial charge in [0.05, 0.1) is 5.75 Å². The summed E-state index contributed by atoms with van der Waals surface area (Å²) in [5.74, 6) is 0.140. The number of sulfone groups is 1. The van der Waals surface area contributed by atoms with Gasteiger partial charge in [0.2, 0.25) is 0 Å². The summed E-state index contributed by atoms with van der Waals surface area (Å²) in [4.78, 5) is 0. The van der Waals surface area contributed by atoms with Crippen LogP contribution < -0.4 is 0 Å². The number of nitrogens with zero attached hydrogens (tertiary/aromatic N) is 2. The van der Waals surface area contributed by atoms with E-state index in [0.717, 1.165) is 0 Å². The molecule has 1 unspecified atom stereocenters. The SMILES string of the molecule is CC(CCl)CS(=O)(=O)c1ccc(Cl)nn1. The Bertz CT molecular complexity index is 419. The molecule has 0 fully saturated rings. The molecule has 7 heteroatoms. The van der Waals surface area contributed by atoms with E-state index in [1.54, 1.807) is 6.92 Å². The van der Waals surface area contributed by atoms with Crippen molar-refractivity contribution in [2.75, 3.05) is 11.6 Å². The molecular weight excluding hydrogens is 259 g/mol. The van der Waals surface area contributed by atoms with Crippen LogP contribution in [-0.4, -0.2) is 30.2 Å². The lowest BCUT2D eigenvalue weighted by Gasteiger charge is -2.07. The van der Waals surface area contributed by atoms with Crippen LogP contribution in [0.5, 0.6) is 0 Å². The van der Waals surface area contributed by atoms with E-state index in [0.29, 0.717) is 5.88 Å². The molecule has 4 nitrogen and oxygen atoms in total. The van der Waals surface area contributed by atoms with Crippen molar-refractivity contribution in [2.24, 2.45) is 5.92 Å². The summed E-state index contributed by atoms with van der Waals surface area (Å²) in [7, 11) is -3.41. The molecule has 0 radical (unpaired) electrons. The molecule has 0 saturated heterocycles. The molecule has 1 aromatic heterocycles. The molecule has 0 aliphatic carbocycles. The third kappa shape index (κ3) is 3.59. The van der Waals surface area contributed by atoms with E-state index >= 15 is 0 Å². The summed E-state index contributed by atoms with van der Waals surface area (Å²) >= 11 is 11.1. The van der Waals surface area contributed by atoms with Crippen LogP contribution in [0.15, 0.2) is 17.2 Å². The van der Waals surface area contributed by atoms with Crippen LogP contribution in [0.4, 0.5) is 0 Å². The summed E-state index contributed by atoms with van der Waals surface area (Å²) in [5, 5.41) is 7.11. The first-order valence-electron chi connectivity index (χ1n) is 4.23. The Morgan fingerprint density at radius 2 is 2.07 bits per heavy atom. The molecule has 84 valence electrons. The first kappa shape index (κ1) is 12.7. The Balaban J connectivity index is 2.91. The zero-order valence-electron chi connectivity index (χ0n) is 8.02. The van der Waals surface area contributed by atoms with E-state index in [-0.39, 0.29) is 21.8 Å². The Hall–Kier alpha value is -0.390. The monoisotopic (exact) mass is 268 g/mol. The van der Waals surface area contributed by atoms with Crippen LogP contribution in [0.2, 0.25) is 5.15 Å². The number of halogens is 2.